The van der Waals surface area contributed by atoms with E-state index < -0.39 is 0 Å². The van der Waals surface area contributed by atoms with Gasteiger partial charge in [-0.25, -0.2) is 0 Å². The number of aromatic nitrogens is 1. The zero-order valence-corrected chi connectivity index (χ0v) is 14.7. The highest BCUT2D eigenvalue weighted by Gasteiger charge is 2.34. The minimum Gasteiger partial charge on any atom is -0.395 e. The van der Waals surface area contributed by atoms with E-state index in [4.69, 9.17) is 0 Å². The van der Waals surface area contributed by atoms with E-state index in [1.54, 1.807) is 0 Å². The fourth-order valence-corrected chi connectivity index (χ4v) is 3.57. The van der Waals surface area contributed by atoms with Gasteiger partial charge in [0.15, 0.2) is 0 Å². The first-order chi connectivity index (χ1) is 11.5. The van der Waals surface area contributed by atoms with Crippen molar-refractivity contribution in [3.05, 3.63) is 58.9 Å². The molecule has 1 aromatic heterocycles. The topological polar surface area (TPSA) is 45.5 Å². The van der Waals surface area contributed by atoms with Crippen molar-refractivity contribution in [1.82, 2.24) is 9.47 Å². The molecule has 128 valence electrons. The minimum absolute atomic E-state index is 0.0153. The second kappa shape index (κ2) is 6.81. The third kappa shape index (κ3) is 3.11. The highest BCUT2D eigenvalue weighted by Crippen LogP contribution is 2.31. The van der Waals surface area contributed by atoms with E-state index in [0.29, 0.717) is 12.6 Å². The molecule has 0 aliphatic heterocycles. The quantitative estimate of drug-likeness (QED) is 0.885. The van der Waals surface area contributed by atoms with Crippen LogP contribution in [0.1, 0.15) is 53.1 Å². The molecule has 0 spiro atoms. The Kier molecular flexibility index (Phi) is 4.76. The fourth-order valence-electron chi connectivity index (χ4n) is 3.57. The number of aliphatic hydroxyl groups excluding tert-OH is 1. The molecule has 1 saturated carbocycles. The smallest absolute Gasteiger partial charge is 0.256 e. The van der Waals surface area contributed by atoms with Crippen LogP contribution >= 0.6 is 0 Å². The fraction of sp³-hybridized carbons (Fsp3) is 0.450. The van der Waals surface area contributed by atoms with Gasteiger partial charge in [0.05, 0.1) is 18.2 Å². The number of benzene rings is 1. The van der Waals surface area contributed by atoms with Crippen LogP contribution < -0.4 is 0 Å². The first kappa shape index (κ1) is 16.8. The molecule has 24 heavy (non-hydrogen) atoms. The lowest BCUT2D eigenvalue weighted by atomic mass is 10.1. The van der Waals surface area contributed by atoms with E-state index >= 15 is 0 Å². The summed E-state index contributed by atoms with van der Waals surface area (Å²) in [6, 6.07) is 12.8. The van der Waals surface area contributed by atoms with Gasteiger partial charge >= 0.3 is 0 Å². The molecule has 1 fully saturated rings. The summed E-state index contributed by atoms with van der Waals surface area (Å²) in [5.74, 6) is 0.0474. The van der Waals surface area contributed by atoms with Crippen LogP contribution in [0, 0.1) is 13.8 Å². The Morgan fingerprint density at radius 1 is 1.29 bits per heavy atom. The van der Waals surface area contributed by atoms with E-state index in [1.165, 1.54) is 5.56 Å². The predicted molar refractivity (Wildman–Crippen MR) is 95.3 cm³/mol. The number of rotatable bonds is 6. The van der Waals surface area contributed by atoms with Gasteiger partial charge in [0.2, 0.25) is 0 Å². The summed E-state index contributed by atoms with van der Waals surface area (Å²) in [6.07, 6.45) is 2.09. The summed E-state index contributed by atoms with van der Waals surface area (Å²) in [4.78, 5) is 14.8. The molecule has 4 heteroatoms. The zero-order chi connectivity index (χ0) is 17.3. The normalized spacial score (nSPS) is 15.3. The average Bonchev–Trinajstić information content (AvgIpc) is 3.38. The molecule has 3 rings (SSSR count). The van der Waals surface area contributed by atoms with Crippen molar-refractivity contribution < 1.29 is 9.90 Å². The largest absolute Gasteiger partial charge is 0.395 e. The first-order valence-electron chi connectivity index (χ1n) is 8.69. The highest BCUT2D eigenvalue weighted by molar-refractivity contribution is 5.96. The van der Waals surface area contributed by atoms with Crippen LogP contribution in [0.2, 0.25) is 0 Å². The third-order valence-electron chi connectivity index (χ3n) is 4.97. The maximum atomic E-state index is 13.0. The number of amides is 1. The number of aryl methyl sites for hydroxylation is 1. The number of carbonyl (C=O) groups excluding carboxylic acids is 1. The van der Waals surface area contributed by atoms with Gasteiger partial charge in [-0.3, -0.25) is 4.79 Å². The van der Waals surface area contributed by atoms with Crippen molar-refractivity contribution in [2.75, 3.05) is 13.2 Å². The maximum absolute atomic E-state index is 13.0. The van der Waals surface area contributed by atoms with Crippen LogP contribution in [-0.4, -0.2) is 39.7 Å². The SMILES string of the molecule is Cc1cc(C(=O)N(CCO)C2CC2)c(C)n1C(C)c1ccccc1. The second-order valence-corrected chi connectivity index (χ2v) is 6.69. The van der Waals surface area contributed by atoms with Gasteiger partial charge in [0, 0.05) is 24.0 Å². The van der Waals surface area contributed by atoms with E-state index in [1.807, 2.05) is 36.1 Å². The molecule has 0 radical (unpaired) electrons. The molecular weight excluding hydrogens is 300 g/mol. The van der Waals surface area contributed by atoms with Crippen molar-refractivity contribution >= 4 is 5.91 Å². The molecule has 1 aliphatic carbocycles. The number of hydrogen-bond donors (Lipinski definition) is 1. The van der Waals surface area contributed by atoms with Crippen LogP contribution in [0.3, 0.4) is 0 Å². The molecule has 1 unspecified atom stereocenters. The first-order valence-corrected chi connectivity index (χ1v) is 8.69. The Bertz CT molecular complexity index is 717. The summed E-state index contributed by atoms with van der Waals surface area (Å²) in [7, 11) is 0. The van der Waals surface area contributed by atoms with Gasteiger partial charge in [-0.15, -0.1) is 0 Å². The predicted octanol–water partition coefficient (Wildman–Crippen LogP) is 3.31. The van der Waals surface area contributed by atoms with Crippen molar-refractivity contribution in [2.24, 2.45) is 0 Å². The summed E-state index contributed by atoms with van der Waals surface area (Å²) in [5, 5.41) is 9.28. The lowest BCUT2D eigenvalue weighted by Crippen LogP contribution is -2.35. The van der Waals surface area contributed by atoms with Gasteiger partial charge in [0.25, 0.3) is 5.91 Å². The van der Waals surface area contributed by atoms with Crippen LogP contribution in [0.25, 0.3) is 0 Å². The van der Waals surface area contributed by atoms with E-state index in [9.17, 15) is 9.90 Å². The van der Waals surface area contributed by atoms with E-state index in [2.05, 4.69) is 30.5 Å². The molecule has 1 atom stereocenters. The molecule has 1 aliphatic rings. The van der Waals surface area contributed by atoms with Crippen molar-refractivity contribution in [3.8, 4) is 0 Å². The van der Waals surface area contributed by atoms with Crippen molar-refractivity contribution in [1.29, 1.82) is 0 Å². The van der Waals surface area contributed by atoms with Crippen molar-refractivity contribution in [2.45, 2.75) is 45.7 Å². The highest BCUT2D eigenvalue weighted by atomic mass is 16.3. The molecule has 1 aromatic carbocycles. The Morgan fingerprint density at radius 2 is 1.96 bits per heavy atom. The number of carbonyl (C=O) groups is 1. The van der Waals surface area contributed by atoms with Gasteiger partial charge < -0.3 is 14.6 Å². The van der Waals surface area contributed by atoms with Gasteiger partial charge in [-0.1, -0.05) is 30.3 Å². The van der Waals surface area contributed by atoms with Crippen LogP contribution in [0.4, 0.5) is 0 Å². The summed E-state index contributed by atoms with van der Waals surface area (Å²) < 4.78 is 2.23. The second-order valence-electron chi connectivity index (χ2n) is 6.69. The number of aliphatic hydroxyl groups is 1. The maximum Gasteiger partial charge on any atom is 0.256 e. The standard InChI is InChI=1S/C20H26N2O2/c1-14-13-19(20(24)21(11-12-23)18-9-10-18)16(3)22(14)15(2)17-7-5-4-6-8-17/h4-8,13,15,18,23H,9-12H2,1-3H3. The monoisotopic (exact) mass is 326 g/mol. The Morgan fingerprint density at radius 3 is 2.54 bits per heavy atom. The molecule has 0 saturated heterocycles. The molecular formula is C20H26N2O2. The Balaban J connectivity index is 1.93. The summed E-state index contributed by atoms with van der Waals surface area (Å²) in [6.45, 7) is 6.67. The molecule has 1 heterocycles. The molecule has 1 N–H and O–H groups in total. The average molecular weight is 326 g/mol. The molecule has 4 nitrogen and oxygen atoms in total. The van der Waals surface area contributed by atoms with Crippen molar-refractivity contribution in [3.63, 3.8) is 0 Å². The van der Waals surface area contributed by atoms with Crippen LogP contribution in [0.15, 0.2) is 36.4 Å². The molecule has 1 amide bonds. The van der Waals surface area contributed by atoms with Gasteiger partial charge in [0.1, 0.15) is 0 Å². The lowest BCUT2D eigenvalue weighted by Gasteiger charge is -2.22. The molecule has 2 aromatic rings. The Labute approximate surface area is 143 Å². The third-order valence-corrected chi connectivity index (χ3v) is 4.97. The Hall–Kier alpha value is -2.07. The number of nitrogens with zero attached hydrogens (tertiary/aromatic N) is 2. The van der Waals surface area contributed by atoms with Gasteiger partial charge in [-0.05, 0) is 45.2 Å². The molecule has 0 bridgehead atoms. The van der Waals surface area contributed by atoms with Gasteiger partial charge in [-0.2, -0.15) is 0 Å². The summed E-state index contributed by atoms with van der Waals surface area (Å²) in [5.41, 5.74) is 4.08. The number of hydrogen-bond acceptors (Lipinski definition) is 2. The lowest BCUT2D eigenvalue weighted by molar-refractivity contribution is 0.0706. The summed E-state index contributed by atoms with van der Waals surface area (Å²) >= 11 is 0. The zero-order valence-electron chi connectivity index (χ0n) is 14.7. The van der Waals surface area contributed by atoms with E-state index in [-0.39, 0.29) is 18.6 Å². The van der Waals surface area contributed by atoms with Crippen LogP contribution in [-0.2, 0) is 0 Å². The van der Waals surface area contributed by atoms with Crippen LogP contribution in [0.5, 0.6) is 0 Å². The minimum atomic E-state index is 0.0153. The van der Waals surface area contributed by atoms with E-state index in [0.717, 1.165) is 29.8 Å².